The molecule has 2 aliphatic heterocycles. The van der Waals surface area contributed by atoms with Crippen molar-refractivity contribution in [3.63, 3.8) is 0 Å². The van der Waals surface area contributed by atoms with Crippen molar-refractivity contribution in [2.45, 2.75) is 31.4 Å². The average Bonchev–Trinajstić information content (AvgIpc) is 2.71. The molecule has 7 nitrogen and oxygen atoms in total. The molecule has 3 rings (SSSR count). The molecule has 0 spiro atoms. The van der Waals surface area contributed by atoms with Gasteiger partial charge in [0, 0.05) is 38.3 Å². The van der Waals surface area contributed by atoms with Gasteiger partial charge in [0.05, 0.1) is 25.7 Å². The number of nitrogens with one attached hydrogen (secondary N) is 1. The molecule has 1 unspecified atom stereocenters. The summed E-state index contributed by atoms with van der Waals surface area (Å²) in [5.74, 6) is 0.684. The van der Waals surface area contributed by atoms with Crippen LogP contribution in [0.3, 0.4) is 0 Å². The SMILES string of the molecule is COc1ccccc1/C=C/CN1CCNC(=O)C1CC(=O)N1CCC(O)CC1. The zero-order valence-electron chi connectivity index (χ0n) is 16.3. The maximum absolute atomic E-state index is 12.6. The van der Waals surface area contributed by atoms with Crippen molar-refractivity contribution in [1.82, 2.24) is 15.1 Å². The van der Waals surface area contributed by atoms with Crippen LogP contribution in [0.1, 0.15) is 24.8 Å². The summed E-state index contributed by atoms with van der Waals surface area (Å²) in [6, 6.07) is 7.30. The fraction of sp³-hybridized carbons (Fsp3) is 0.524. The van der Waals surface area contributed by atoms with Gasteiger partial charge in [-0.1, -0.05) is 30.4 Å². The van der Waals surface area contributed by atoms with Crippen LogP contribution < -0.4 is 10.1 Å². The molecule has 28 heavy (non-hydrogen) atoms. The quantitative estimate of drug-likeness (QED) is 0.757. The Morgan fingerprint density at radius 3 is 2.79 bits per heavy atom. The molecule has 2 saturated heterocycles. The van der Waals surface area contributed by atoms with E-state index >= 15 is 0 Å². The van der Waals surface area contributed by atoms with Crippen molar-refractivity contribution >= 4 is 17.9 Å². The number of hydrogen-bond acceptors (Lipinski definition) is 5. The van der Waals surface area contributed by atoms with E-state index in [0.29, 0.717) is 45.6 Å². The molecule has 0 aliphatic carbocycles. The maximum atomic E-state index is 12.6. The molecular formula is C21H29N3O4. The lowest BCUT2D eigenvalue weighted by Gasteiger charge is -2.36. The number of rotatable bonds is 6. The number of piperidine rings is 1. The Bertz CT molecular complexity index is 713. The van der Waals surface area contributed by atoms with Gasteiger partial charge in [-0.05, 0) is 18.9 Å². The highest BCUT2D eigenvalue weighted by Crippen LogP contribution is 2.19. The minimum Gasteiger partial charge on any atom is -0.496 e. The van der Waals surface area contributed by atoms with Gasteiger partial charge >= 0.3 is 0 Å². The summed E-state index contributed by atoms with van der Waals surface area (Å²) in [5, 5.41) is 12.5. The second-order valence-electron chi connectivity index (χ2n) is 7.26. The zero-order valence-corrected chi connectivity index (χ0v) is 16.3. The summed E-state index contributed by atoms with van der Waals surface area (Å²) in [7, 11) is 1.64. The number of aliphatic hydroxyl groups is 1. The second-order valence-corrected chi connectivity index (χ2v) is 7.26. The van der Waals surface area contributed by atoms with Gasteiger partial charge in [0.2, 0.25) is 11.8 Å². The predicted molar refractivity (Wildman–Crippen MR) is 107 cm³/mol. The lowest BCUT2D eigenvalue weighted by molar-refractivity contribution is -0.140. The molecule has 0 radical (unpaired) electrons. The summed E-state index contributed by atoms with van der Waals surface area (Å²) in [5.41, 5.74) is 0.978. The van der Waals surface area contributed by atoms with Gasteiger partial charge in [0.25, 0.3) is 0 Å². The third kappa shape index (κ3) is 5.11. The van der Waals surface area contributed by atoms with Crippen molar-refractivity contribution in [2.24, 2.45) is 0 Å². The van der Waals surface area contributed by atoms with Gasteiger partial charge in [-0.25, -0.2) is 0 Å². The van der Waals surface area contributed by atoms with Crippen molar-refractivity contribution in [3.8, 4) is 5.75 Å². The number of nitrogens with zero attached hydrogens (tertiary/aromatic N) is 2. The number of piperazine rings is 1. The van der Waals surface area contributed by atoms with E-state index in [1.807, 2.05) is 41.3 Å². The van der Waals surface area contributed by atoms with E-state index in [0.717, 1.165) is 11.3 Å². The van der Waals surface area contributed by atoms with Crippen molar-refractivity contribution in [3.05, 3.63) is 35.9 Å². The molecule has 1 aromatic rings. The van der Waals surface area contributed by atoms with Crippen LogP contribution in [0.25, 0.3) is 6.08 Å². The van der Waals surface area contributed by atoms with Crippen LogP contribution >= 0.6 is 0 Å². The van der Waals surface area contributed by atoms with Crippen molar-refractivity contribution < 1.29 is 19.4 Å². The van der Waals surface area contributed by atoms with Gasteiger partial charge < -0.3 is 20.1 Å². The highest BCUT2D eigenvalue weighted by molar-refractivity contribution is 5.89. The van der Waals surface area contributed by atoms with E-state index in [9.17, 15) is 14.7 Å². The van der Waals surface area contributed by atoms with Crippen LogP contribution in [-0.4, -0.2) is 78.7 Å². The summed E-state index contributed by atoms with van der Waals surface area (Å²) in [4.78, 5) is 28.9. The Labute approximate surface area is 166 Å². The number of methoxy groups -OCH3 is 1. The minimum absolute atomic E-state index is 0.0207. The number of amides is 2. The Morgan fingerprint density at radius 2 is 2.04 bits per heavy atom. The van der Waals surface area contributed by atoms with E-state index in [1.54, 1.807) is 12.0 Å². The number of aliphatic hydroxyl groups excluding tert-OH is 1. The van der Waals surface area contributed by atoms with E-state index in [-0.39, 0.29) is 24.3 Å². The smallest absolute Gasteiger partial charge is 0.237 e. The topological polar surface area (TPSA) is 82.1 Å². The zero-order chi connectivity index (χ0) is 19.9. The highest BCUT2D eigenvalue weighted by Gasteiger charge is 2.33. The Morgan fingerprint density at radius 1 is 1.29 bits per heavy atom. The first-order valence-corrected chi connectivity index (χ1v) is 9.85. The lowest BCUT2D eigenvalue weighted by Crippen LogP contribution is -2.57. The Kier molecular flexibility index (Phi) is 7.06. The molecule has 2 heterocycles. The monoisotopic (exact) mass is 387 g/mol. The van der Waals surface area contributed by atoms with Crippen LogP contribution in [0.5, 0.6) is 5.75 Å². The summed E-state index contributed by atoms with van der Waals surface area (Å²) in [6.07, 6.45) is 5.05. The van der Waals surface area contributed by atoms with Gasteiger partial charge in [-0.15, -0.1) is 0 Å². The summed E-state index contributed by atoms with van der Waals surface area (Å²) in [6.45, 7) is 2.99. The molecule has 1 aromatic carbocycles. The van der Waals surface area contributed by atoms with Crippen LogP contribution in [0.2, 0.25) is 0 Å². The largest absolute Gasteiger partial charge is 0.496 e. The fourth-order valence-electron chi connectivity index (χ4n) is 3.73. The first-order chi connectivity index (χ1) is 13.6. The normalized spacial score (nSPS) is 21.7. The number of likely N-dealkylation sites (tertiary alicyclic amines) is 1. The molecule has 2 amide bonds. The molecule has 0 aromatic heterocycles. The molecule has 152 valence electrons. The number of carbonyl (C=O) groups is 2. The second kappa shape index (κ2) is 9.71. The molecule has 1 atom stereocenters. The third-order valence-corrected chi connectivity index (χ3v) is 5.40. The first kappa shape index (κ1) is 20.4. The highest BCUT2D eigenvalue weighted by atomic mass is 16.5. The van der Waals surface area contributed by atoms with E-state index in [4.69, 9.17) is 4.74 Å². The van der Waals surface area contributed by atoms with Gasteiger partial charge in [-0.2, -0.15) is 0 Å². The predicted octanol–water partition coefficient (Wildman–Crippen LogP) is 0.882. The fourth-order valence-corrected chi connectivity index (χ4v) is 3.73. The molecule has 2 N–H and O–H groups in total. The van der Waals surface area contributed by atoms with E-state index in [2.05, 4.69) is 5.32 Å². The van der Waals surface area contributed by atoms with Crippen molar-refractivity contribution in [2.75, 3.05) is 39.8 Å². The van der Waals surface area contributed by atoms with Gasteiger partial charge in [0.1, 0.15) is 5.75 Å². The summed E-state index contributed by atoms with van der Waals surface area (Å²) < 4.78 is 5.36. The molecule has 2 aliphatic rings. The van der Waals surface area contributed by atoms with Crippen LogP contribution in [0.4, 0.5) is 0 Å². The van der Waals surface area contributed by atoms with Crippen LogP contribution in [0.15, 0.2) is 30.3 Å². The Hall–Kier alpha value is -2.38. The minimum atomic E-state index is -0.463. The lowest BCUT2D eigenvalue weighted by atomic mass is 10.0. The standard InChI is InChI=1S/C21H29N3O4/c1-28-19-7-3-2-5-16(19)6-4-11-23-14-10-22-21(27)18(23)15-20(26)24-12-8-17(25)9-13-24/h2-7,17-18,25H,8-15H2,1H3,(H,22,27)/b6-4+. The molecule has 0 bridgehead atoms. The summed E-state index contributed by atoms with van der Waals surface area (Å²) >= 11 is 0. The average molecular weight is 387 g/mol. The van der Waals surface area contributed by atoms with Gasteiger partial charge in [-0.3, -0.25) is 14.5 Å². The maximum Gasteiger partial charge on any atom is 0.237 e. The first-order valence-electron chi connectivity index (χ1n) is 9.85. The molecular weight excluding hydrogens is 358 g/mol. The van der Waals surface area contributed by atoms with E-state index in [1.165, 1.54) is 0 Å². The molecule has 7 heteroatoms. The Balaban J connectivity index is 1.61. The van der Waals surface area contributed by atoms with Crippen LogP contribution in [0, 0.1) is 0 Å². The molecule has 0 saturated carbocycles. The number of hydrogen-bond donors (Lipinski definition) is 2. The van der Waals surface area contributed by atoms with Crippen LogP contribution in [-0.2, 0) is 9.59 Å². The van der Waals surface area contributed by atoms with E-state index < -0.39 is 6.04 Å². The van der Waals surface area contributed by atoms with Gasteiger partial charge in [0.15, 0.2) is 0 Å². The number of benzene rings is 1. The number of ether oxygens (including phenoxy) is 1. The number of carbonyl (C=O) groups excluding carboxylic acids is 2. The molecule has 2 fully saturated rings. The van der Waals surface area contributed by atoms with Crippen molar-refractivity contribution in [1.29, 1.82) is 0 Å². The number of para-hydroxylation sites is 1. The third-order valence-electron chi connectivity index (χ3n) is 5.40.